The molecule has 2 aromatic carbocycles. The Balaban J connectivity index is 1.64. The molecule has 0 saturated carbocycles. The minimum Gasteiger partial charge on any atom is -0.481 e. The smallest absolute Gasteiger partial charge is 0.256 e. The fourth-order valence-electron chi connectivity index (χ4n) is 5.69. The average molecular weight is 403 g/mol. The molecule has 152 valence electrons. The molecule has 2 aromatic rings. The van der Waals surface area contributed by atoms with Gasteiger partial charge in [0, 0.05) is 28.8 Å². The predicted molar refractivity (Wildman–Crippen MR) is 111 cm³/mol. The number of amides is 1. The number of nitrogens with zero attached hydrogens (tertiary/aromatic N) is 2. The van der Waals surface area contributed by atoms with Crippen LogP contribution in [0.25, 0.3) is 0 Å². The number of carbonyl (C=O) groups is 1. The fourth-order valence-corrected chi connectivity index (χ4v) is 5.69. The van der Waals surface area contributed by atoms with Gasteiger partial charge < -0.3 is 10.1 Å². The molecule has 0 bridgehead atoms. The Morgan fingerprint density at radius 1 is 1.27 bits per heavy atom. The van der Waals surface area contributed by atoms with Crippen LogP contribution in [-0.4, -0.2) is 41.0 Å². The second-order valence-electron chi connectivity index (χ2n) is 7.99. The van der Waals surface area contributed by atoms with Gasteiger partial charge in [-0.25, -0.2) is 0 Å². The molecule has 3 aliphatic rings. The lowest BCUT2D eigenvalue weighted by atomic mass is 9.77. The number of ether oxygens (including phenoxy) is 1. The highest BCUT2D eigenvalue weighted by Crippen LogP contribution is 2.57. The molecule has 4 atom stereocenters. The topological polar surface area (TPSA) is 84.7 Å². The maximum atomic E-state index is 13.4. The average Bonchev–Trinajstić information content (AvgIpc) is 3.40. The molecule has 3 heterocycles. The molecule has 5 rings (SSSR count). The highest BCUT2D eigenvalue weighted by Gasteiger charge is 2.73. The number of para-hydroxylation sites is 1. The van der Waals surface area contributed by atoms with Crippen molar-refractivity contribution in [1.29, 1.82) is 0 Å². The van der Waals surface area contributed by atoms with Gasteiger partial charge in [0.15, 0.2) is 5.54 Å². The van der Waals surface area contributed by atoms with Crippen molar-refractivity contribution in [2.45, 2.75) is 36.4 Å². The number of anilines is 1. The summed E-state index contributed by atoms with van der Waals surface area (Å²) in [6.07, 6.45) is 6.97. The summed E-state index contributed by atoms with van der Waals surface area (Å²) in [4.78, 5) is 27.7. The summed E-state index contributed by atoms with van der Waals surface area (Å²) in [6, 6.07) is 13.5. The molecule has 7 heteroatoms. The molecule has 30 heavy (non-hydrogen) atoms. The monoisotopic (exact) mass is 403 g/mol. The van der Waals surface area contributed by atoms with E-state index in [4.69, 9.17) is 11.2 Å². The standard InChI is InChI=1S/C23H21N3O4/c1-2-14-30-16-11-9-15(10-12-16)20-19-8-5-13-25(19)23(21(20)26(28)29)17-6-3-4-7-18(17)24-22(23)27/h1,3-4,6-7,9-12,19-21H,5,8,13-14H2,(H,24,27)/t19-,20+,21+,23+/m0/s1. The highest BCUT2D eigenvalue weighted by atomic mass is 16.6. The van der Waals surface area contributed by atoms with Crippen molar-refractivity contribution < 1.29 is 14.5 Å². The van der Waals surface area contributed by atoms with E-state index in [0.717, 1.165) is 18.4 Å². The zero-order valence-corrected chi connectivity index (χ0v) is 16.3. The van der Waals surface area contributed by atoms with Crippen LogP contribution in [0.3, 0.4) is 0 Å². The van der Waals surface area contributed by atoms with Gasteiger partial charge in [-0.05, 0) is 36.6 Å². The van der Waals surface area contributed by atoms with E-state index in [0.29, 0.717) is 23.5 Å². The number of nitrogens with one attached hydrogen (secondary N) is 1. The fraction of sp³-hybridized carbons (Fsp3) is 0.348. The Morgan fingerprint density at radius 2 is 2.03 bits per heavy atom. The van der Waals surface area contributed by atoms with Gasteiger partial charge in [-0.2, -0.15) is 0 Å². The highest BCUT2D eigenvalue weighted by molar-refractivity contribution is 6.07. The molecule has 3 aliphatic heterocycles. The normalized spacial score (nSPS) is 29.3. The van der Waals surface area contributed by atoms with Crippen molar-refractivity contribution in [1.82, 2.24) is 4.90 Å². The van der Waals surface area contributed by atoms with Crippen molar-refractivity contribution in [2.75, 3.05) is 18.5 Å². The Bertz CT molecular complexity index is 1060. The van der Waals surface area contributed by atoms with Crippen molar-refractivity contribution in [3.05, 3.63) is 69.8 Å². The molecule has 7 nitrogen and oxygen atoms in total. The molecule has 0 aliphatic carbocycles. The number of nitro groups is 1. The summed E-state index contributed by atoms with van der Waals surface area (Å²) in [7, 11) is 0. The maximum absolute atomic E-state index is 13.4. The van der Waals surface area contributed by atoms with Crippen LogP contribution in [0.2, 0.25) is 0 Å². The number of terminal acetylenes is 1. The van der Waals surface area contributed by atoms with E-state index in [2.05, 4.69) is 16.1 Å². The van der Waals surface area contributed by atoms with Crippen molar-refractivity contribution in [3.8, 4) is 18.1 Å². The van der Waals surface area contributed by atoms with E-state index in [1.165, 1.54) is 0 Å². The summed E-state index contributed by atoms with van der Waals surface area (Å²) >= 11 is 0. The summed E-state index contributed by atoms with van der Waals surface area (Å²) in [5, 5.41) is 15.4. The molecular weight excluding hydrogens is 382 g/mol. The van der Waals surface area contributed by atoms with Crippen molar-refractivity contribution >= 4 is 11.6 Å². The Hall–Kier alpha value is -3.37. The van der Waals surface area contributed by atoms with E-state index < -0.39 is 17.5 Å². The molecule has 2 saturated heterocycles. The van der Waals surface area contributed by atoms with Crippen LogP contribution >= 0.6 is 0 Å². The quantitative estimate of drug-likeness (QED) is 0.482. The van der Waals surface area contributed by atoms with Crippen LogP contribution in [0.1, 0.15) is 29.9 Å². The number of rotatable bonds is 4. The predicted octanol–water partition coefficient (Wildman–Crippen LogP) is 2.75. The number of hydrogen-bond acceptors (Lipinski definition) is 5. The van der Waals surface area contributed by atoms with Crippen LogP contribution in [0.5, 0.6) is 5.75 Å². The van der Waals surface area contributed by atoms with E-state index >= 15 is 0 Å². The van der Waals surface area contributed by atoms with Gasteiger partial charge in [0.1, 0.15) is 12.4 Å². The van der Waals surface area contributed by atoms with E-state index in [9.17, 15) is 14.9 Å². The van der Waals surface area contributed by atoms with Gasteiger partial charge in [-0.1, -0.05) is 36.3 Å². The molecule has 0 unspecified atom stereocenters. The maximum Gasteiger partial charge on any atom is 0.256 e. The summed E-state index contributed by atoms with van der Waals surface area (Å²) < 4.78 is 5.45. The summed E-state index contributed by atoms with van der Waals surface area (Å²) in [5.41, 5.74) is 0.930. The van der Waals surface area contributed by atoms with Crippen LogP contribution < -0.4 is 10.1 Å². The minimum absolute atomic E-state index is 0.0743. The molecule has 0 radical (unpaired) electrons. The van der Waals surface area contributed by atoms with Crippen LogP contribution in [0.15, 0.2) is 48.5 Å². The number of fused-ring (bicyclic) bond motifs is 4. The summed E-state index contributed by atoms with van der Waals surface area (Å²) in [5.74, 6) is 2.34. The second kappa shape index (κ2) is 6.85. The van der Waals surface area contributed by atoms with Gasteiger partial charge in [-0.15, -0.1) is 6.42 Å². The molecule has 1 spiro atoms. The number of carbonyl (C=O) groups excluding carboxylic acids is 1. The molecule has 1 N–H and O–H groups in total. The van der Waals surface area contributed by atoms with Crippen LogP contribution in [-0.2, 0) is 10.3 Å². The van der Waals surface area contributed by atoms with Gasteiger partial charge >= 0.3 is 0 Å². The molecular formula is C23H21N3O4. The van der Waals surface area contributed by atoms with Gasteiger partial charge in [0.25, 0.3) is 11.9 Å². The Morgan fingerprint density at radius 3 is 2.77 bits per heavy atom. The third-order valence-corrected chi connectivity index (χ3v) is 6.68. The Labute approximate surface area is 174 Å². The van der Waals surface area contributed by atoms with Gasteiger partial charge in [-0.3, -0.25) is 19.8 Å². The lowest BCUT2D eigenvalue weighted by molar-refractivity contribution is -0.534. The SMILES string of the molecule is C#CCOc1ccc([C@@H]2[C@@H]3CCCN3[C@@]3(C(=O)Nc4ccccc43)[C@@H]2[N+](=O)[O-])cc1. The third-order valence-electron chi connectivity index (χ3n) is 6.68. The zero-order chi connectivity index (χ0) is 20.9. The first-order chi connectivity index (χ1) is 14.6. The third kappa shape index (κ3) is 2.40. The summed E-state index contributed by atoms with van der Waals surface area (Å²) in [6.45, 7) is 0.827. The van der Waals surface area contributed by atoms with Crippen LogP contribution in [0, 0.1) is 22.5 Å². The van der Waals surface area contributed by atoms with Gasteiger partial charge in [0.2, 0.25) is 0 Å². The molecule has 1 amide bonds. The number of benzene rings is 2. The lowest BCUT2D eigenvalue weighted by Crippen LogP contribution is -2.55. The first kappa shape index (κ1) is 18.6. The van der Waals surface area contributed by atoms with Crippen LogP contribution in [0.4, 0.5) is 5.69 Å². The van der Waals surface area contributed by atoms with E-state index in [-0.39, 0.29) is 23.5 Å². The van der Waals surface area contributed by atoms with Crippen molar-refractivity contribution in [2.24, 2.45) is 0 Å². The number of hydrogen-bond donors (Lipinski definition) is 1. The first-order valence-electron chi connectivity index (χ1n) is 10.1. The lowest BCUT2D eigenvalue weighted by Gasteiger charge is -2.32. The minimum atomic E-state index is -1.29. The van der Waals surface area contributed by atoms with E-state index in [1.54, 1.807) is 12.1 Å². The van der Waals surface area contributed by atoms with E-state index in [1.807, 2.05) is 36.4 Å². The zero-order valence-electron chi connectivity index (χ0n) is 16.3. The molecule has 2 fully saturated rings. The largest absolute Gasteiger partial charge is 0.481 e. The van der Waals surface area contributed by atoms with Gasteiger partial charge in [0.05, 0.1) is 5.92 Å². The second-order valence-corrected chi connectivity index (χ2v) is 7.99. The Kier molecular flexibility index (Phi) is 4.26. The first-order valence-corrected chi connectivity index (χ1v) is 10.1. The van der Waals surface area contributed by atoms with Crippen molar-refractivity contribution in [3.63, 3.8) is 0 Å². The molecule has 0 aromatic heterocycles.